The van der Waals surface area contributed by atoms with Crippen molar-refractivity contribution in [3.63, 3.8) is 0 Å². The Morgan fingerprint density at radius 3 is 2.61 bits per heavy atom. The first kappa shape index (κ1) is 13.8. The van der Waals surface area contributed by atoms with Crippen LogP contribution in [-0.4, -0.2) is 15.2 Å². The van der Waals surface area contributed by atoms with Gasteiger partial charge in [-0.3, -0.25) is 9.78 Å². The van der Waals surface area contributed by atoms with Crippen molar-refractivity contribution in [2.24, 2.45) is 0 Å². The molecule has 0 fully saturated rings. The van der Waals surface area contributed by atoms with Crippen LogP contribution in [0.15, 0.2) is 59.5 Å². The van der Waals surface area contributed by atoms with Crippen LogP contribution in [0.3, 0.4) is 0 Å². The molecule has 23 heavy (non-hydrogen) atoms. The van der Waals surface area contributed by atoms with Gasteiger partial charge in [0.05, 0.1) is 20.8 Å². The molecule has 0 bridgehead atoms. The van der Waals surface area contributed by atoms with E-state index in [1.54, 1.807) is 17.5 Å². The zero-order valence-electron chi connectivity index (χ0n) is 12.4. The highest BCUT2D eigenvalue weighted by Crippen LogP contribution is 2.37. The minimum absolute atomic E-state index is 0.164. The van der Waals surface area contributed by atoms with E-state index in [2.05, 4.69) is 28.2 Å². The predicted molar refractivity (Wildman–Crippen MR) is 93.6 cm³/mol. The average molecular weight is 319 g/mol. The number of aromatic nitrogens is 3. The molecule has 0 atom stereocenters. The Labute approximate surface area is 136 Å². The molecule has 0 radical (unpaired) electrons. The van der Waals surface area contributed by atoms with Gasteiger partial charge in [-0.25, -0.2) is 5.10 Å². The molecule has 0 aliphatic rings. The largest absolute Gasteiger partial charge is 0.272 e. The first-order chi connectivity index (χ1) is 11.2. The summed E-state index contributed by atoms with van der Waals surface area (Å²) in [6, 6.07) is 15.5. The zero-order chi connectivity index (χ0) is 15.8. The summed E-state index contributed by atoms with van der Waals surface area (Å²) in [6.07, 6.45) is 1.79. The lowest BCUT2D eigenvalue weighted by Gasteiger charge is -2.02. The number of hydrogen-bond acceptors (Lipinski definition) is 4. The number of hydrogen-bond donors (Lipinski definition) is 1. The third kappa shape index (κ3) is 2.35. The molecule has 4 rings (SSSR count). The summed E-state index contributed by atoms with van der Waals surface area (Å²) in [5, 5.41) is 8.39. The summed E-state index contributed by atoms with van der Waals surface area (Å²) in [5.41, 5.74) is 2.74. The highest BCUT2D eigenvalue weighted by Gasteiger charge is 2.14. The molecule has 0 saturated carbocycles. The predicted octanol–water partition coefficient (Wildman–Crippen LogP) is 4.02. The fourth-order valence-electron chi connectivity index (χ4n) is 2.65. The maximum absolute atomic E-state index is 11.9. The number of aromatic amines is 1. The van der Waals surface area contributed by atoms with Gasteiger partial charge in [-0.05, 0) is 36.8 Å². The average Bonchev–Trinajstić information content (AvgIpc) is 2.98. The molecule has 4 nitrogen and oxygen atoms in total. The van der Waals surface area contributed by atoms with Gasteiger partial charge in [0.15, 0.2) is 0 Å². The summed E-state index contributed by atoms with van der Waals surface area (Å²) in [5.74, 6) is 0. The van der Waals surface area contributed by atoms with Crippen molar-refractivity contribution in [3.8, 4) is 21.1 Å². The van der Waals surface area contributed by atoms with Gasteiger partial charge in [0.1, 0.15) is 5.69 Å². The summed E-state index contributed by atoms with van der Waals surface area (Å²) in [7, 11) is 0. The summed E-state index contributed by atoms with van der Waals surface area (Å²) in [6.45, 7) is 2.07. The Morgan fingerprint density at radius 2 is 1.83 bits per heavy atom. The van der Waals surface area contributed by atoms with Gasteiger partial charge in [-0.15, -0.1) is 11.3 Å². The number of H-pyrrole nitrogens is 1. The summed E-state index contributed by atoms with van der Waals surface area (Å²) in [4.78, 5) is 18.5. The van der Waals surface area contributed by atoms with Crippen molar-refractivity contribution in [2.45, 2.75) is 6.92 Å². The van der Waals surface area contributed by atoms with Gasteiger partial charge in [0.25, 0.3) is 5.56 Å². The molecular weight excluding hydrogens is 306 g/mol. The number of nitrogens with zero attached hydrogens (tertiary/aromatic N) is 2. The van der Waals surface area contributed by atoms with E-state index in [1.807, 2.05) is 42.5 Å². The molecule has 112 valence electrons. The van der Waals surface area contributed by atoms with Crippen molar-refractivity contribution < 1.29 is 0 Å². The molecule has 0 aliphatic heterocycles. The van der Waals surface area contributed by atoms with Gasteiger partial charge in [-0.1, -0.05) is 24.3 Å². The number of benzene rings is 1. The van der Waals surface area contributed by atoms with Gasteiger partial charge in [-0.2, -0.15) is 5.10 Å². The minimum atomic E-state index is -0.164. The number of aryl methyl sites for hydroxylation is 1. The van der Waals surface area contributed by atoms with Crippen LogP contribution in [0, 0.1) is 6.92 Å². The van der Waals surface area contributed by atoms with E-state index in [-0.39, 0.29) is 5.56 Å². The normalized spacial score (nSPS) is 11.0. The quantitative estimate of drug-likeness (QED) is 0.607. The smallest absolute Gasteiger partial charge is 0.267 e. The molecule has 0 aliphatic carbocycles. The maximum Gasteiger partial charge on any atom is 0.272 e. The standard InChI is InChI=1S/C18H13N3OS/c1-11-10-15(23-17(11)14-8-4-5-9-19-14)16-12-6-2-3-7-13(12)18(22)21-20-16/h2-10H,1H3,(H,21,22). The van der Waals surface area contributed by atoms with Crippen LogP contribution < -0.4 is 5.56 Å². The minimum Gasteiger partial charge on any atom is -0.267 e. The van der Waals surface area contributed by atoms with Crippen LogP contribution in [0.2, 0.25) is 0 Å². The third-order valence-corrected chi connectivity index (χ3v) is 5.01. The Bertz CT molecular complexity index is 1050. The Kier molecular flexibility index (Phi) is 3.28. The fraction of sp³-hybridized carbons (Fsp3) is 0.0556. The monoisotopic (exact) mass is 319 g/mol. The van der Waals surface area contributed by atoms with Crippen molar-refractivity contribution in [1.29, 1.82) is 0 Å². The second-order valence-electron chi connectivity index (χ2n) is 5.28. The van der Waals surface area contributed by atoms with Crippen molar-refractivity contribution in [3.05, 3.63) is 70.6 Å². The number of pyridine rings is 1. The van der Waals surface area contributed by atoms with E-state index < -0.39 is 0 Å². The second-order valence-corrected chi connectivity index (χ2v) is 6.34. The second kappa shape index (κ2) is 5.44. The van der Waals surface area contributed by atoms with Gasteiger partial charge in [0.2, 0.25) is 0 Å². The molecule has 0 amide bonds. The lowest BCUT2D eigenvalue weighted by atomic mass is 10.1. The number of nitrogens with one attached hydrogen (secondary N) is 1. The van der Waals surface area contributed by atoms with Crippen LogP contribution in [0.4, 0.5) is 0 Å². The Balaban J connectivity index is 1.94. The number of thiophene rings is 1. The van der Waals surface area contributed by atoms with E-state index in [0.29, 0.717) is 5.39 Å². The van der Waals surface area contributed by atoms with Gasteiger partial charge < -0.3 is 0 Å². The van der Waals surface area contributed by atoms with Crippen molar-refractivity contribution in [1.82, 2.24) is 15.2 Å². The molecule has 1 aromatic carbocycles. The van der Waals surface area contributed by atoms with Crippen LogP contribution in [-0.2, 0) is 0 Å². The first-order valence-corrected chi connectivity index (χ1v) is 8.05. The Hall–Kier alpha value is -2.79. The van der Waals surface area contributed by atoms with Crippen LogP contribution in [0.5, 0.6) is 0 Å². The number of fused-ring (bicyclic) bond motifs is 1. The van der Waals surface area contributed by atoms with Crippen molar-refractivity contribution in [2.75, 3.05) is 0 Å². The SMILES string of the molecule is Cc1cc(-c2n[nH]c(=O)c3ccccc23)sc1-c1ccccn1. The maximum atomic E-state index is 11.9. The zero-order valence-corrected chi connectivity index (χ0v) is 13.2. The Morgan fingerprint density at radius 1 is 1.04 bits per heavy atom. The van der Waals surface area contributed by atoms with E-state index in [1.165, 1.54) is 0 Å². The molecule has 4 aromatic rings. The van der Waals surface area contributed by atoms with E-state index in [4.69, 9.17) is 0 Å². The molecule has 1 N–H and O–H groups in total. The van der Waals surface area contributed by atoms with Crippen LogP contribution in [0.1, 0.15) is 5.56 Å². The number of rotatable bonds is 2. The van der Waals surface area contributed by atoms with Crippen LogP contribution in [0.25, 0.3) is 31.9 Å². The molecular formula is C18H13N3OS. The summed E-state index contributed by atoms with van der Waals surface area (Å²) >= 11 is 1.64. The molecule has 3 heterocycles. The molecule has 3 aromatic heterocycles. The molecule has 0 saturated heterocycles. The molecule has 5 heteroatoms. The molecule has 0 spiro atoms. The third-order valence-electron chi connectivity index (χ3n) is 3.74. The van der Waals surface area contributed by atoms with E-state index in [0.717, 1.165) is 32.1 Å². The van der Waals surface area contributed by atoms with E-state index >= 15 is 0 Å². The first-order valence-electron chi connectivity index (χ1n) is 7.23. The topological polar surface area (TPSA) is 58.6 Å². The summed E-state index contributed by atoms with van der Waals surface area (Å²) < 4.78 is 0. The lowest BCUT2D eigenvalue weighted by molar-refractivity contribution is 1.02. The van der Waals surface area contributed by atoms with E-state index in [9.17, 15) is 4.79 Å². The molecule has 0 unspecified atom stereocenters. The van der Waals surface area contributed by atoms with Crippen molar-refractivity contribution >= 4 is 22.1 Å². The highest BCUT2D eigenvalue weighted by molar-refractivity contribution is 7.19. The highest BCUT2D eigenvalue weighted by atomic mass is 32.1. The lowest BCUT2D eigenvalue weighted by Crippen LogP contribution is -2.08. The van der Waals surface area contributed by atoms with Gasteiger partial charge in [0, 0.05) is 11.6 Å². The van der Waals surface area contributed by atoms with Gasteiger partial charge >= 0.3 is 0 Å². The fourth-order valence-corrected chi connectivity index (χ4v) is 3.81. The van der Waals surface area contributed by atoms with Crippen LogP contribution >= 0.6 is 11.3 Å².